The second kappa shape index (κ2) is 8.61. The highest BCUT2D eigenvalue weighted by molar-refractivity contribution is 9.10. The molecule has 0 unspecified atom stereocenters. The second-order valence-electron chi connectivity index (χ2n) is 3.63. The molecule has 0 atom stereocenters. The lowest BCUT2D eigenvalue weighted by Crippen LogP contribution is -1.90. The molecule has 0 heterocycles. The third kappa shape index (κ3) is 5.75. The molecule has 0 spiro atoms. The van der Waals surface area contributed by atoms with E-state index in [1.807, 2.05) is 42.5 Å². The number of hydrogen-bond donors (Lipinski definition) is 1. The van der Waals surface area contributed by atoms with Crippen molar-refractivity contribution in [2.24, 2.45) is 0 Å². The minimum Gasteiger partial charge on any atom is -0.396 e. The van der Waals surface area contributed by atoms with Gasteiger partial charge in [0.05, 0.1) is 0 Å². The molecule has 0 amide bonds. The highest BCUT2D eigenvalue weighted by atomic mass is 79.9. The maximum absolute atomic E-state index is 10.2. The van der Waals surface area contributed by atoms with Gasteiger partial charge in [-0.25, -0.2) is 0 Å². The van der Waals surface area contributed by atoms with Crippen LogP contribution >= 0.6 is 15.9 Å². The SMILES string of the molecule is Brc1ccccc1.O=Cc1ccc(CCO)cc1. The Morgan fingerprint density at radius 1 is 1.00 bits per heavy atom. The quantitative estimate of drug-likeness (QED) is 0.882. The summed E-state index contributed by atoms with van der Waals surface area (Å²) in [6, 6.07) is 17.2. The monoisotopic (exact) mass is 306 g/mol. The zero-order valence-electron chi connectivity index (χ0n) is 9.92. The van der Waals surface area contributed by atoms with E-state index >= 15 is 0 Å². The van der Waals surface area contributed by atoms with Crippen molar-refractivity contribution >= 4 is 22.2 Å². The molecule has 2 rings (SSSR count). The molecule has 2 nitrogen and oxygen atoms in total. The van der Waals surface area contributed by atoms with Crippen LogP contribution in [0.15, 0.2) is 59.1 Å². The average molecular weight is 307 g/mol. The molecule has 3 heteroatoms. The van der Waals surface area contributed by atoms with Crippen LogP contribution in [0.1, 0.15) is 15.9 Å². The van der Waals surface area contributed by atoms with E-state index in [0.717, 1.165) is 16.3 Å². The number of rotatable bonds is 3. The van der Waals surface area contributed by atoms with Gasteiger partial charge in [-0.15, -0.1) is 0 Å². The molecule has 1 N–H and O–H groups in total. The Morgan fingerprint density at radius 2 is 1.61 bits per heavy atom. The van der Waals surface area contributed by atoms with Gasteiger partial charge in [-0.1, -0.05) is 58.4 Å². The fraction of sp³-hybridized carbons (Fsp3) is 0.133. The molecule has 2 aromatic carbocycles. The van der Waals surface area contributed by atoms with Crippen LogP contribution < -0.4 is 0 Å². The van der Waals surface area contributed by atoms with Crippen LogP contribution in [0.4, 0.5) is 0 Å². The van der Waals surface area contributed by atoms with Crippen LogP contribution in [-0.4, -0.2) is 18.0 Å². The fourth-order valence-corrected chi connectivity index (χ4v) is 1.61. The molecule has 0 aliphatic rings. The summed E-state index contributed by atoms with van der Waals surface area (Å²) in [5, 5.41) is 8.58. The maximum Gasteiger partial charge on any atom is 0.150 e. The normalized spacial score (nSPS) is 9.22. The molecule has 0 radical (unpaired) electrons. The van der Waals surface area contributed by atoms with Crippen molar-refractivity contribution in [1.82, 2.24) is 0 Å². The Labute approximate surface area is 115 Å². The number of aldehydes is 1. The van der Waals surface area contributed by atoms with Gasteiger partial charge in [-0.2, -0.15) is 0 Å². The van der Waals surface area contributed by atoms with Crippen LogP contribution in [0.25, 0.3) is 0 Å². The molecule has 18 heavy (non-hydrogen) atoms. The summed E-state index contributed by atoms with van der Waals surface area (Å²) >= 11 is 3.31. The molecule has 0 aliphatic carbocycles. The Kier molecular flexibility index (Phi) is 6.99. The third-order valence-electron chi connectivity index (χ3n) is 2.25. The van der Waals surface area contributed by atoms with Crippen molar-refractivity contribution in [2.45, 2.75) is 6.42 Å². The number of hydrogen-bond acceptors (Lipinski definition) is 2. The summed E-state index contributed by atoms with van der Waals surface area (Å²) in [5.41, 5.74) is 1.73. The van der Waals surface area contributed by atoms with E-state index in [-0.39, 0.29) is 6.61 Å². The van der Waals surface area contributed by atoms with Crippen molar-refractivity contribution < 1.29 is 9.90 Å². The number of aliphatic hydroxyl groups excluding tert-OH is 1. The van der Waals surface area contributed by atoms with Gasteiger partial charge in [-0.05, 0) is 24.1 Å². The fourth-order valence-electron chi connectivity index (χ4n) is 1.31. The zero-order valence-corrected chi connectivity index (χ0v) is 11.5. The van der Waals surface area contributed by atoms with Crippen LogP contribution in [0, 0.1) is 0 Å². The predicted octanol–water partition coefficient (Wildman–Crippen LogP) is 3.48. The van der Waals surface area contributed by atoms with Gasteiger partial charge in [0.15, 0.2) is 0 Å². The Morgan fingerprint density at radius 3 is 2.00 bits per heavy atom. The number of halogens is 1. The van der Waals surface area contributed by atoms with Crippen molar-refractivity contribution in [3.05, 3.63) is 70.2 Å². The van der Waals surface area contributed by atoms with E-state index in [4.69, 9.17) is 5.11 Å². The van der Waals surface area contributed by atoms with E-state index in [1.54, 1.807) is 12.1 Å². The molecule has 2 aromatic rings. The summed E-state index contributed by atoms with van der Waals surface area (Å²) < 4.78 is 1.13. The molecular formula is C15H15BrO2. The maximum atomic E-state index is 10.2. The average Bonchev–Trinajstić information content (AvgIpc) is 2.42. The smallest absolute Gasteiger partial charge is 0.150 e. The van der Waals surface area contributed by atoms with Crippen LogP contribution in [0.2, 0.25) is 0 Å². The largest absolute Gasteiger partial charge is 0.396 e. The standard InChI is InChI=1S/C9H10O2.C6H5Br/c10-6-5-8-1-3-9(7-11)4-2-8;7-6-4-2-1-3-5-6/h1-4,7,10H,5-6H2;1-5H. The van der Waals surface area contributed by atoms with Crippen molar-refractivity contribution in [3.63, 3.8) is 0 Å². The van der Waals surface area contributed by atoms with E-state index in [9.17, 15) is 4.79 Å². The lowest BCUT2D eigenvalue weighted by molar-refractivity contribution is 0.112. The number of benzene rings is 2. The predicted molar refractivity (Wildman–Crippen MR) is 76.8 cm³/mol. The van der Waals surface area contributed by atoms with Gasteiger partial charge in [0.2, 0.25) is 0 Å². The molecule has 94 valence electrons. The molecule has 0 aromatic heterocycles. The van der Waals surface area contributed by atoms with E-state index in [2.05, 4.69) is 15.9 Å². The van der Waals surface area contributed by atoms with Gasteiger partial charge in [0, 0.05) is 16.6 Å². The number of carbonyl (C=O) groups is 1. The minimum absolute atomic E-state index is 0.153. The Bertz CT molecular complexity index is 452. The third-order valence-corrected chi connectivity index (χ3v) is 2.78. The molecule has 0 aliphatic heterocycles. The van der Waals surface area contributed by atoms with Gasteiger partial charge >= 0.3 is 0 Å². The first-order valence-electron chi connectivity index (χ1n) is 5.62. The lowest BCUT2D eigenvalue weighted by atomic mass is 10.1. The molecule has 0 bridgehead atoms. The van der Waals surface area contributed by atoms with Crippen molar-refractivity contribution in [2.75, 3.05) is 6.61 Å². The van der Waals surface area contributed by atoms with Crippen LogP contribution in [0.5, 0.6) is 0 Å². The van der Waals surface area contributed by atoms with E-state index < -0.39 is 0 Å². The first kappa shape index (κ1) is 14.6. The van der Waals surface area contributed by atoms with Crippen molar-refractivity contribution in [3.8, 4) is 0 Å². The topological polar surface area (TPSA) is 37.3 Å². The van der Waals surface area contributed by atoms with Gasteiger partial charge in [0.25, 0.3) is 0 Å². The molecule has 0 saturated carbocycles. The van der Waals surface area contributed by atoms with E-state index in [0.29, 0.717) is 12.0 Å². The first-order valence-corrected chi connectivity index (χ1v) is 6.41. The summed E-state index contributed by atoms with van der Waals surface area (Å²) in [6.45, 7) is 0.153. The highest BCUT2D eigenvalue weighted by Crippen LogP contribution is 2.05. The Hall–Kier alpha value is -1.45. The molecular weight excluding hydrogens is 292 g/mol. The summed E-state index contributed by atoms with van der Waals surface area (Å²) in [5.74, 6) is 0. The highest BCUT2D eigenvalue weighted by Gasteiger charge is 1.91. The summed E-state index contributed by atoms with van der Waals surface area (Å²) in [6.07, 6.45) is 1.46. The van der Waals surface area contributed by atoms with Gasteiger partial charge in [-0.3, -0.25) is 4.79 Å². The minimum atomic E-state index is 0.153. The lowest BCUT2D eigenvalue weighted by Gasteiger charge is -1.96. The number of carbonyl (C=O) groups excluding carboxylic acids is 1. The van der Waals surface area contributed by atoms with Crippen LogP contribution in [-0.2, 0) is 6.42 Å². The van der Waals surface area contributed by atoms with E-state index in [1.165, 1.54) is 0 Å². The summed E-state index contributed by atoms with van der Waals surface area (Å²) in [4.78, 5) is 10.2. The first-order chi connectivity index (χ1) is 8.76. The molecule has 0 saturated heterocycles. The van der Waals surface area contributed by atoms with Gasteiger partial charge < -0.3 is 5.11 Å². The van der Waals surface area contributed by atoms with Crippen LogP contribution in [0.3, 0.4) is 0 Å². The zero-order chi connectivity index (χ0) is 13.2. The molecule has 0 fully saturated rings. The second-order valence-corrected chi connectivity index (χ2v) is 4.54. The van der Waals surface area contributed by atoms with Crippen molar-refractivity contribution in [1.29, 1.82) is 0 Å². The number of aliphatic hydroxyl groups is 1. The Balaban J connectivity index is 0.000000199. The summed E-state index contributed by atoms with van der Waals surface area (Å²) in [7, 11) is 0. The van der Waals surface area contributed by atoms with Gasteiger partial charge in [0.1, 0.15) is 6.29 Å².